The average molecular weight is 395 g/mol. The summed E-state index contributed by atoms with van der Waals surface area (Å²) in [7, 11) is 0. The van der Waals surface area contributed by atoms with E-state index < -0.39 is 16.7 Å². The van der Waals surface area contributed by atoms with E-state index in [0.29, 0.717) is 4.32 Å². The van der Waals surface area contributed by atoms with Crippen LogP contribution in [0.5, 0.6) is 0 Å². The zero-order valence-corrected chi connectivity index (χ0v) is 16.0. The molecule has 1 unspecified atom stereocenters. The van der Waals surface area contributed by atoms with Crippen LogP contribution in [-0.4, -0.2) is 26.2 Å². The predicted molar refractivity (Wildman–Crippen MR) is 107 cm³/mol. The normalized spacial score (nSPS) is 20.2. The molecule has 0 spiro atoms. The van der Waals surface area contributed by atoms with Crippen molar-refractivity contribution in [1.29, 1.82) is 0 Å². The van der Waals surface area contributed by atoms with Gasteiger partial charge in [0, 0.05) is 5.69 Å². The summed E-state index contributed by atoms with van der Waals surface area (Å²) in [4.78, 5) is 1.80. The van der Waals surface area contributed by atoms with E-state index in [4.69, 9.17) is 23.8 Å². The molecule has 7 heteroatoms. The Balaban J connectivity index is 2.08. The third kappa shape index (κ3) is 3.52. The molecule has 2 aromatic rings. The Morgan fingerprint density at radius 1 is 1.24 bits per heavy atom. The number of nitrogens with zero attached hydrogens (tertiary/aromatic N) is 2. The van der Waals surface area contributed by atoms with Crippen LogP contribution in [0.2, 0.25) is 5.02 Å². The lowest BCUT2D eigenvalue weighted by Crippen LogP contribution is -2.48. The van der Waals surface area contributed by atoms with Crippen LogP contribution < -0.4 is 4.90 Å². The number of para-hydroxylation sites is 1. The average Bonchev–Trinajstić information content (AvgIpc) is 2.80. The molecule has 25 heavy (non-hydrogen) atoms. The lowest BCUT2D eigenvalue weighted by molar-refractivity contribution is -0.497. The molecule has 0 saturated carbocycles. The second kappa shape index (κ2) is 6.94. The summed E-state index contributed by atoms with van der Waals surface area (Å²) in [6.45, 7) is 3.89. The van der Waals surface area contributed by atoms with Crippen molar-refractivity contribution in [2.45, 2.75) is 24.8 Å². The number of anilines is 1. The maximum Gasteiger partial charge on any atom is 0.258 e. The molecule has 0 radical (unpaired) electrons. The molecule has 1 fully saturated rings. The molecule has 1 saturated heterocycles. The van der Waals surface area contributed by atoms with E-state index in [1.165, 1.54) is 30.1 Å². The van der Waals surface area contributed by atoms with Crippen molar-refractivity contribution in [3.63, 3.8) is 0 Å². The fourth-order valence-corrected chi connectivity index (χ4v) is 4.95. The molecule has 0 aromatic heterocycles. The first kappa shape index (κ1) is 18.2. The topological polar surface area (TPSA) is 29.3 Å². The maximum atomic E-state index is 14.1. The van der Waals surface area contributed by atoms with Gasteiger partial charge >= 0.3 is 0 Å². The van der Waals surface area contributed by atoms with Gasteiger partial charge in [0.25, 0.3) is 6.17 Å². The largest absolute Gasteiger partial charge is 0.622 e. The first-order valence-electron chi connectivity index (χ1n) is 7.63. The second-order valence-electron chi connectivity index (χ2n) is 6.17. The molecular formula is C18H16ClFN2OS2. The number of thiocarbonyl (C=S) groups is 1. The number of hydrogen-bond donors (Lipinski definition) is 0. The first-order valence-corrected chi connectivity index (χ1v) is 9.23. The highest BCUT2D eigenvalue weighted by Gasteiger charge is 2.51. The van der Waals surface area contributed by atoms with Crippen LogP contribution in [0.15, 0.2) is 48.5 Å². The van der Waals surface area contributed by atoms with Crippen molar-refractivity contribution < 1.29 is 9.13 Å². The number of rotatable bonds is 3. The van der Waals surface area contributed by atoms with Gasteiger partial charge in [0.2, 0.25) is 0 Å². The highest BCUT2D eigenvalue weighted by Crippen LogP contribution is 2.43. The molecule has 3 rings (SSSR count). The fraction of sp³-hybridized carbons (Fsp3) is 0.222. The van der Waals surface area contributed by atoms with Gasteiger partial charge < -0.3 is 5.21 Å². The van der Waals surface area contributed by atoms with E-state index in [1.807, 2.05) is 44.2 Å². The van der Waals surface area contributed by atoms with Gasteiger partial charge in [0.05, 0.1) is 10.6 Å². The highest BCUT2D eigenvalue weighted by atomic mass is 35.5. The van der Waals surface area contributed by atoms with Gasteiger partial charge in [-0.1, -0.05) is 59.8 Å². The minimum atomic E-state index is -0.622. The molecule has 1 aliphatic rings. The van der Waals surface area contributed by atoms with Crippen molar-refractivity contribution in [3.05, 3.63) is 70.1 Å². The van der Waals surface area contributed by atoms with Gasteiger partial charge in [-0.2, -0.15) is 4.74 Å². The quantitative estimate of drug-likeness (QED) is 0.239. The summed E-state index contributed by atoms with van der Waals surface area (Å²) in [5.41, 5.74) is 0.898. The minimum absolute atomic E-state index is 0.0748. The van der Waals surface area contributed by atoms with Crippen LogP contribution in [0, 0.1) is 11.0 Å². The van der Waals surface area contributed by atoms with Gasteiger partial charge in [-0.15, -0.1) is 0 Å². The van der Waals surface area contributed by atoms with Crippen LogP contribution >= 0.6 is 35.6 Å². The van der Waals surface area contributed by atoms with Gasteiger partial charge in [0.1, 0.15) is 14.9 Å². The third-order valence-electron chi connectivity index (χ3n) is 3.94. The van der Waals surface area contributed by atoms with Gasteiger partial charge in [-0.3, -0.25) is 4.90 Å². The zero-order valence-electron chi connectivity index (χ0n) is 13.6. The Morgan fingerprint density at radius 3 is 2.56 bits per heavy atom. The Hall–Kier alpha value is -1.63. The molecule has 0 N–H and O–H groups in total. The Morgan fingerprint density at radius 2 is 1.92 bits per heavy atom. The third-order valence-corrected chi connectivity index (χ3v) is 5.83. The second-order valence-corrected chi connectivity index (χ2v) is 8.87. The van der Waals surface area contributed by atoms with Crippen LogP contribution in [0.4, 0.5) is 10.1 Å². The molecule has 1 aliphatic heterocycles. The predicted octanol–water partition coefficient (Wildman–Crippen LogP) is 5.05. The summed E-state index contributed by atoms with van der Waals surface area (Å²) >= 11 is 13.0. The summed E-state index contributed by atoms with van der Waals surface area (Å²) in [6, 6.07) is 13.8. The number of halogens is 2. The van der Waals surface area contributed by atoms with Gasteiger partial charge in [-0.25, -0.2) is 4.39 Å². The molecule has 0 bridgehead atoms. The minimum Gasteiger partial charge on any atom is -0.622 e. The van der Waals surface area contributed by atoms with Gasteiger partial charge in [-0.05, 0) is 38.1 Å². The number of hydrogen-bond acceptors (Lipinski definition) is 3. The standard InChI is InChI=1S/C18H16ClFN2OS2/c1-18(2)16(21(23)11-13-14(19)9-6-10-15(13)20)22(17(24)25-18)12-7-4-3-5-8-12/h3-11,16H,1-2H3/b21-11-. The van der Waals surface area contributed by atoms with Crippen LogP contribution in [0.3, 0.4) is 0 Å². The number of benzene rings is 2. The molecule has 0 amide bonds. The van der Waals surface area contributed by atoms with Crippen LogP contribution in [-0.2, 0) is 0 Å². The molecule has 1 atom stereocenters. The smallest absolute Gasteiger partial charge is 0.258 e. The Labute approximate surface area is 160 Å². The van der Waals surface area contributed by atoms with E-state index in [-0.39, 0.29) is 10.6 Å². The van der Waals surface area contributed by atoms with Gasteiger partial charge in [0.15, 0.2) is 6.21 Å². The molecular weight excluding hydrogens is 379 g/mol. The van der Waals surface area contributed by atoms with Crippen molar-refractivity contribution in [2.75, 3.05) is 4.90 Å². The lowest BCUT2D eigenvalue weighted by Gasteiger charge is -2.29. The monoisotopic (exact) mass is 394 g/mol. The van der Waals surface area contributed by atoms with E-state index in [0.717, 1.165) is 10.4 Å². The molecule has 130 valence electrons. The SMILES string of the molecule is CC1(C)SC(=S)N(c2ccccc2)C1/[N+]([O-])=C/c1c(F)cccc1Cl. The zero-order chi connectivity index (χ0) is 18.2. The van der Waals surface area contributed by atoms with Crippen LogP contribution in [0.25, 0.3) is 0 Å². The summed E-state index contributed by atoms with van der Waals surface area (Å²) < 4.78 is 14.9. The molecule has 1 heterocycles. The highest BCUT2D eigenvalue weighted by molar-refractivity contribution is 8.24. The number of hydroxylamine groups is 1. The Kier molecular flexibility index (Phi) is 5.04. The molecule has 3 nitrogen and oxygen atoms in total. The van der Waals surface area contributed by atoms with E-state index in [9.17, 15) is 9.60 Å². The van der Waals surface area contributed by atoms with Crippen molar-refractivity contribution in [1.82, 2.24) is 0 Å². The van der Waals surface area contributed by atoms with E-state index in [1.54, 1.807) is 11.0 Å². The van der Waals surface area contributed by atoms with Crippen LogP contribution in [0.1, 0.15) is 19.4 Å². The summed E-state index contributed by atoms with van der Waals surface area (Å²) in [5.74, 6) is -0.536. The van der Waals surface area contributed by atoms with E-state index in [2.05, 4.69) is 0 Å². The number of thioether (sulfide) groups is 1. The molecule has 2 aromatic carbocycles. The summed E-state index contributed by atoms with van der Waals surface area (Å²) in [5, 5.41) is 13.2. The van der Waals surface area contributed by atoms with Crippen molar-refractivity contribution >= 4 is 51.8 Å². The van der Waals surface area contributed by atoms with E-state index >= 15 is 0 Å². The van der Waals surface area contributed by atoms with Crippen molar-refractivity contribution in [2.24, 2.45) is 0 Å². The molecule has 0 aliphatic carbocycles. The first-order chi connectivity index (χ1) is 11.8. The lowest BCUT2D eigenvalue weighted by atomic mass is 10.1. The fourth-order valence-electron chi connectivity index (χ4n) is 2.82. The summed E-state index contributed by atoms with van der Waals surface area (Å²) in [6.07, 6.45) is 0.581. The van der Waals surface area contributed by atoms with Crippen molar-refractivity contribution in [3.8, 4) is 0 Å². The Bertz CT molecular complexity index is 822. The maximum absolute atomic E-state index is 14.1.